The fourth-order valence-electron chi connectivity index (χ4n) is 3.46. The molecule has 5 N–H and O–H groups in total. The summed E-state index contributed by atoms with van der Waals surface area (Å²) in [5.41, 5.74) is 7.74. The Morgan fingerprint density at radius 3 is 2.36 bits per heavy atom. The van der Waals surface area contributed by atoms with Gasteiger partial charge >= 0.3 is 0 Å². The maximum Gasteiger partial charge on any atom is 0.0427 e. The molecular formula is C22H50N6. The Labute approximate surface area is 175 Å². The SMILES string of the molecule is CCCN(C)CCNCC(CN)(CCCC(=CCCN(C)C)CCNC)NC. The third kappa shape index (κ3) is 13.6. The van der Waals surface area contributed by atoms with E-state index in [1.54, 1.807) is 5.57 Å². The summed E-state index contributed by atoms with van der Waals surface area (Å²) in [5, 5.41) is 10.4. The zero-order chi connectivity index (χ0) is 21.3. The van der Waals surface area contributed by atoms with Gasteiger partial charge in [0.25, 0.3) is 0 Å². The molecule has 28 heavy (non-hydrogen) atoms. The fraction of sp³-hybridized carbons (Fsp3) is 0.909. The van der Waals surface area contributed by atoms with Gasteiger partial charge in [0.15, 0.2) is 0 Å². The zero-order valence-electron chi connectivity index (χ0n) is 19.7. The highest BCUT2D eigenvalue weighted by Crippen LogP contribution is 2.18. The van der Waals surface area contributed by atoms with E-state index < -0.39 is 0 Å². The summed E-state index contributed by atoms with van der Waals surface area (Å²) in [6, 6.07) is 0. The Hall–Kier alpha value is -0.500. The average Bonchev–Trinajstić information content (AvgIpc) is 2.67. The molecule has 0 aliphatic rings. The van der Waals surface area contributed by atoms with E-state index in [1.807, 2.05) is 14.1 Å². The van der Waals surface area contributed by atoms with E-state index in [1.165, 1.54) is 12.8 Å². The predicted octanol–water partition coefficient (Wildman–Crippen LogP) is 1.49. The van der Waals surface area contributed by atoms with Gasteiger partial charge in [0.05, 0.1) is 0 Å². The van der Waals surface area contributed by atoms with Crippen molar-refractivity contribution in [3.63, 3.8) is 0 Å². The lowest BCUT2D eigenvalue weighted by Gasteiger charge is -2.33. The van der Waals surface area contributed by atoms with E-state index in [2.05, 4.69) is 59.9 Å². The van der Waals surface area contributed by atoms with Crippen molar-refractivity contribution >= 4 is 0 Å². The molecule has 0 saturated heterocycles. The summed E-state index contributed by atoms with van der Waals surface area (Å²) in [6.45, 7) is 9.24. The van der Waals surface area contributed by atoms with E-state index in [0.29, 0.717) is 6.54 Å². The van der Waals surface area contributed by atoms with E-state index in [-0.39, 0.29) is 5.54 Å². The first-order valence-corrected chi connectivity index (χ1v) is 11.2. The normalized spacial score (nSPS) is 14.8. The van der Waals surface area contributed by atoms with E-state index >= 15 is 0 Å². The Balaban J connectivity index is 4.46. The molecule has 0 aromatic carbocycles. The minimum atomic E-state index is -0.0128. The molecule has 0 aromatic heterocycles. The second-order valence-corrected chi connectivity index (χ2v) is 8.38. The third-order valence-electron chi connectivity index (χ3n) is 5.52. The van der Waals surface area contributed by atoms with Crippen LogP contribution in [0.25, 0.3) is 0 Å². The van der Waals surface area contributed by atoms with Gasteiger partial charge in [0.2, 0.25) is 0 Å². The molecule has 0 amide bonds. The number of hydrogen-bond acceptors (Lipinski definition) is 6. The van der Waals surface area contributed by atoms with Crippen molar-refractivity contribution in [2.24, 2.45) is 5.73 Å². The summed E-state index contributed by atoms with van der Waals surface area (Å²) in [7, 11) is 10.5. The molecule has 0 bridgehead atoms. The quantitative estimate of drug-likeness (QED) is 0.195. The van der Waals surface area contributed by atoms with Gasteiger partial charge in [-0.3, -0.25) is 0 Å². The molecule has 0 radical (unpaired) electrons. The fourth-order valence-corrected chi connectivity index (χ4v) is 3.46. The van der Waals surface area contributed by atoms with Crippen LogP contribution in [0.15, 0.2) is 11.6 Å². The summed E-state index contributed by atoms with van der Waals surface area (Å²) < 4.78 is 0. The van der Waals surface area contributed by atoms with Gasteiger partial charge in [-0.2, -0.15) is 0 Å². The van der Waals surface area contributed by atoms with Crippen LogP contribution in [0.1, 0.15) is 45.4 Å². The van der Waals surface area contributed by atoms with Gasteiger partial charge in [-0.25, -0.2) is 0 Å². The smallest absolute Gasteiger partial charge is 0.0427 e. The van der Waals surface area contributed by atoms with Gasteiger partial charge in [0, 0.05) is 38.3 Å². The molecule has 1 atom stereocenters. The van der Waals surface area contributed by atoms with Gasteiger partial charge in [0.1, 0.15) is 0 Å². The van der Waals surface area contributed by atoms with Crippen molar-refractivity contribution < 1.29 is 0 Å². The highest BCUT2D eigenvalue weighted by atomic mass is 15.1. The lowest BCUT2D eigenvalue weighted by Crippen LogP contribution is -2.56. The van der Waals surface area contributed by atoms with Gasteiger partial charge < -0.3 is 31.5 Å². The molecule has 0 saturated carbocycles. The molecular weight excluding hydrogens is 348 g/mol. The van der Waals surface area contributed by atoms with Crippen LogP contribution in [0.4, 0.5) is 0 Å². The minimum absolute atomic E-state index is 0.0128. The zero-order valence-corrected chi connectivity index (χ0v) is 19.7. The molecule has 6 heteroatoms. The van der Waals surface area contributed by atoms with Crippen LogP contribution in [0.2, 0.25) is 0 Å². The summed E-state index contributed by atoms with van der Waals surface area (Å²) >= 11 is 0. The molecule has 0 aliphatic heterocycles. The van der Waals surface area contributed by atoms with Crippen LogP contribution < -0.4 is 21.7 Å². The van der Waals surface area contributed by atoms with Crippen molar-refractivity contribution in [1.29, 1.82) is 0 Å². The number of rotatable bonds is 19. The molecule has 0 rings (SSSR count). The number of hydrogen-bond donors (Lipinski definition) is 4. The molecule has 0 fully saturated rings. The maximum atomic E-state index is 6.18. The third-order valence-corrected chi connectivity index (χ3v) is 5.52. The van der Waals surface area contributed by atoms with Crippen LogP contribution in [-0.2, 0) is 0 Å². The van der Waals surface area contributed by atoms with E-state index in [4.69, 9.17) is 5.73 Å². The monoisotopic (exact) mass is 398 g/mol. The van der Waals surface area contributed by atoms with Crippen molar-refractivity contribution in [3.8, 4) is 0 Å². The van der Waals surface area contributed by atoms with Crippen LogP contribution in [0.5, 0.6) is 0 Å². The van der Waals surface area contributed by atoms with Gasteiger partial charge in [-0.15, -0.1) is 0 Å². The van der Waals surface area contributed by atoms with Crippen molar-refractivity contribution in [2.45, 2.75) is 51.0 Å². The van der Waals surface area contributed by atoms with Crippen molar-refractivity contribution in [3.05, 3.63) is 11.6 Å². The molecule has 6 nitrogen and oxygen atoms in total. The number of likely N-dealkylation sites (N-methyl/N-ethyl adjacent to an activating group) is 2. The minimum Gasteiger partial charge on any atom is -0.329 e. The van der Waals surface area contributed by atoms with Crippen molar-refractivity contribution in [1.82, 2.24) is 25.8 Å². The Kier molecular flexibility index (Phi) is 17.1. The van der Waals surface area contributed by atoms with Crippen LogP contribution in [0, 0.1) is 0 Å². The largest absolute Gasteiger partial charge is 0.329 e. The highest BCUT2D eigenvalue weighted by molar-refractivity contribution is 5.03. The van der Waals surface area contributed by atoms with E-state index in [9.17, 15) is 0 Å². The first-order chi connectivity index (χ1) is 13.4. The lowest BCUT2D eigenvalue weighted by atomic mass is 9.90. The van der Waals surface area contributed by atoms with Gasteiger partial charge in [-0.05, 0) is 86.9 Å². The van der Waals surface area contributed by atoms with E-state index in [0.717, 1.165) is 65.0 Å². The number of nitrogens with two attached hydrogens (primary N) is 1. The van der Waals surface area contributed by atoms with Crippen LogP contribution in [-0.4, -0.2) is 96.4 Å². The second-order valence-electron chi connectivity index (χ2n) is 8.38. The first kappa shape index (κ1) is 27.5. The lowest BCUT2D eigenvalue weighted by molar-refractivity contribution is 0.288. The molecule has 168 valence electrons. The Bertz CT molecular complexity index is 379. The number of nitrogens with zero attached hydrogens (tertiary/aromatic N) is 2. The van der Waals surface area contributed by atoms with Crippen LogP contribution in [0.3, 0.4) is 0 Å². The maximum absolute atomic E-state index is 6.18. The molecule has 0 heterocycles. The number of nitrogens with one attached hydrogen (secondary N) is 3. The predicted molar refractivity (Wildman–Crippen MR) is 125 cm³/mol. The molecule has 0 aliphatic carbocycles. The van der Waals surface area contributed by atoms with Crippen molar-refractivity contribution in [2.75, 3.05) is 81.1 Å². The van der Waals surface area contributed by atoms with Gasteiger partial charge in [-0.1, -0.05) is 18.6 Å². The summed E-state index contributed by atoms with van der Waals surface area (Å²) in [6.07, 6.45) is 9.36. The molecule has 0 aromatic rings. The molecule has 1 unspecified atom stereocenters. The highest BCUT2D eigenvalue weighted by Gasteiger charge is 2.25. The first-order valence-electron chi connectivity index (χ1n) is 11.2. The standard InChI is InChI=1S/C22H50N6/c1-7-16-28(6)18-15-26-20-22(19-23,25-3)13-8-10-21(12-14-24-2)11-9-17-27(4)5/h11,24-26H,7-10,12-20,23H2,1-6H3. The Morgan fingerprint density at radius 1 is 1.04 bits per heavy atom. The Morgan fingerprint density at radius 2 is 1.79 bits per heavy atom. The summed E-state index contributed by atoms with van der Waals surface area (Å²) in [5.74, 6) is 0. The molecule has 0 spiro atoms. The summed E-state index contributed by atoms with van der Waals surface area (Å²) in [4.78, 5) is 4.62. The average molecular weight is 399 g/mol. The second kappa shape index (κ2) is 17.4. The topological polar surface area (TPSA) is 68.6 Å². The van der Waals surface area contributed by atoms with Crippen LogP contribution >= 0.6 is 0 Å².